The molecule has 0 aliphatic rings. The molecule has 7 nitrogen and oxygen atoms in total. The Labute approximate surface area is 165 Å². The molecule has 1 aromatic heterocycles. The van der Waals surface area contributed by atoms with E-state index in [1.54, 1.807) is 38.1 Å². The Balaban J connectivity index is 2.17. The van der Waals surface area contributed by atoms with Gasteiger partial charge in [-0.25, -0.2) is 15.0 Å². The maximum absolute atomic E-state index is 12.2. The molecule has 0 fully saturated rings. The smallest absolute Gasteiger partial charge is 0.341 e. The Morgan fingerprint density at radius 1 is 1.30 bits per heavy atom. The average molecular weight is 408 g/mol. The van der Waals surface area contributed by atoms with Gasteiger partial charge in [0.05, 0.1) is 23.3 Å². The van der Waals surface area contributed by atoms with Gasteiger partial charge in [0.25, 0.3) is 0 Å². The average Bonchev–Trinajstić information content (AvgIpc) is 2.93. The predicted octanol–water partition coefficient (Wildman–Crippen LogP) is 4.24. The van der Waals surface area contributed by atoms with Gasteiger partial charge in [-0.2, -0.15) is 5.10 Å². The molecule has 142 valence electrons. The summed E-state index contributed by atoms with van der Waals surface area (Å²) in [5.41, 5.74) is 3.57. The van der Waals surface area contributed by atoms with E-state index >= 15 is 0 Å². The number of nitrogens with one attached hydrogen (secondary N) is 2. The van der Waals surface area contributed by atoms with E-state index in [-0.39, 0.29) is 23.0 Å². The summed E-state index contributed by atoms with van der Waals surface area (Å²) in [5, 5.41) is 7.08. The minimum absolute atomic E-state index is 0.164. The van der Waals surface area contributed by atoms with Crippen molar-refractivity contribution in [2.45, 2.75) is 20.8 Å². The van der Waals surface area contributed by atoms with Gasteiger partial charge >= 0.3 is 12.0 Å². The van der Waals surface area contributed by atoms with Crippen molar-refractivity contribution in [2.24, 2.45) is 5.10 Å². The molecule has 0 spiro atoms. The lowest BCUT2D eigenvalue weighted by Crippen LogP contribution is -2.24. The van der Waals surface area contributed by atoms with Crippen molar-refractivity contribution in [1.82, 2.24) is 5.43 Å². The summed E-state index contributed by atoms with van der Waals surface area (Å²) in [6.45, 7) is 4.88. The number of hydrazone groups is 1. The largest absolute Gasteiger partial charge is 0.462 e. The molecular weight excluding hydrogens is 390 g/mol. The fourth-order valence-corrected chi connectivity index (χ4v) is 3.53. The van der Waals surface area contributed by atoms with Crippen LogP contribution in [-0.2, 0) is 4.74 Å². The van der Waals surface area contributed by atoms with Gasteiger partial charge in [-0.1, -0.05) is 29.8 Å². The molecule has 1 aromatic carbocycles. The normalized spacial score (nSPS) is 10.7. The second kappa shape index (κ2) is 9.29. The third-order valence-electron chi connectivity index (χ3n) is 3.45. The Morgan fingerprint density at radius 3 is 2.63 bits per heavy atom. The highest BCUT2D eigenvalue weighted by Crippen LogP contribution is 2.34. The molecule has 1 heterocycles. The van der Waals surface area contributed by atoms with Gasteiger partial charge in [-0.15, -0.1) is 11.3 Å². The summed E-state index contributed by atoms with van der Waals surface area (Å²) in [4.78, 5) is 36.4. The van der Waals surface area contributed by atoms with E-state index in [9.17, 15) is 14.4 Å². The maximum atomic E-state index is 12.2. The van der Waals surface area contributed by atoms with Crippen LogP contribution in [0.5, 0.6) is 0 Å². The van der Waals surface area contributed by atoms with Gasteiger partial charge in [0.1, 0.15) is 5.00 Å². The minimum Gasteiger partial charge on any atom is -0.462 e. The molecule has 2 rings (SSSR count). The van der Waals surface area contributed by atoms with Crippen molar-refractivity contribution < 1.29 is 19.1 Å². The highest BCUT2D eigenvalue weighted by molar-refractivity contribution is 7.18. The van der Waals surface area contributed by atoms with Crippen LogP contribution in [0.25, 0.3) is 0 Å². The third-order valence-corrected chi connectivity index (χ3v) is 5.10. The van der Waals surface area contributed by atoms with Gasteiger partial charge < -0.3 is 4.74 Å². The van der Waals surface area contributed by atoms with Crippen molar-refractivity contribution in [2.75, 3.05) is 11.9 Å². The van der Waals surface area contributed by atoms with Crippen molar-refractivity contribution in [3.8, 4) is 0 Å². The molecule has 0 aliphatic carbocycles. The Hall–Kier alpha value is -2.71. The number of carbonyl (C=O) groups excluding carboxylic acids is 3. The lowest BCUT2D eigenvalue weighted by molar-refractivity contribution is 0.0527. The summed E-state index contributed by atoms with van der Waals surface area (Å²) in [6.07, 6.45) is 1.40. The summed E-state index contributed by atoms with van der Waals surface area (Å²) in [7, 11) is 0. The number of rotatable bonds is 6. The van der Waals surface area contributed by atoms with E-state index in [0.717, 1.165) is 11.3 Å². The number of esters is 1. The fourth-order valence-electron chi connectivity index (χ4n) is 2.26. The van der Waals surface area contributed by atoms with Crippen LogP contribution in [0.1, 0.15) is 45.0 Å². The number of urea groups is 1. The predicted molar refractivity (Wildman–Crippen MR) is 106 cm³/mol. The topological polar surface area (TPSA) is 96.9 Å². The zero-order valence-electron chi connectivity index (χ0n) is 15.0. The zero-order chi connectivity index (χ0) is 20.0. The minimum atomic E-state index is -0.666. The molecule has 9 heteroatoms. The third kappa shape index (κ3) is 5.15. The molecule has 0 radical (unpaired) electrons. The second-order valence-corrected chi connectivity index (χ2v) is 6.81. The first-order valence-electron chi connectivity index (χ1n) is 8.01. The zero-order valence-corrected chi connectivity index (χ0v) is 16.5. The molecule has 0 saturated carbocycles. The van der Waals surface area contributed by atoms with Crippen LogP contribution >= 0.6 is 22.9 Å². The van der Waals surface area contributed by atoms with Gasteiger partial charge in [-0.3, -0.25) is 10.1 Å². The number of thiophene rings is 1. The van der Waals surface area contributed by atoms with E-state index in [4.69, 9.17) is 16.3 Å². The van der Waals surface area contributed by atoms with Crippen LogP contribution < -0.4 is 10.7 Å². The van der Waals surface area contributed by atoms with Gasteiger partial charge in [0.15, 0.2) is 5.78 Å². The number of hydrogen-bond donors (Lipinski definition) is 2. The molecule has 2 aromatic rings. The van der Waals surface area contributed by atoms with Crippen LogP contribution in [0, 0.1) is 6.92 Å². The molecule has 2 N–H and O–H groups in total. The lowest BCUT2D eigenvalue weighted by Gasteiger charge is -2.06. The number of ether oxygens (including phenoxy) is 1. The van der Waals surface area contributed by atoms with Crippen LogP contribution in [-0.4, -0.2) is 30.6 Å². The molecule has 27 heavy (non-hydrogen) atoms. The second-order valence-electron chi connectivity index (χ2n) is 5.38. The number of anilines is 1. The molecule has 0 bridgehead atoms. The van der Waals surface area contributed by atoms with Crippen molar-refractivity contribution >= 4 is 51.9 Å². The Kier molecular flexibility index (Phi) is 7.09. The first-order chi connectivity index (χ1) is 12.8. The van der Waals surface area contributed by atoms with E-state index in [1.807, 2.05) is 0 Å². The van der Waals surface area contributed by atoms with Crippen molar-refractivity contribution in [3.05, 3.63) is 50.9 Å². The van der Waals surface area contributed by atoms with Gasteiger partial charge in [-0.05, 0) is 32.4 Å². The van der Waals surface area contributed by atoms with E-state index in [2.05, 4.69) is 15.8 Å². The van der Waals surface area contributed by atoms with Crippen molar-refractivity contribution in [3.63, 3.8) is 0 Å². The number of Topliss-reactive ketones (excluding diaryl/α,β-unsaturated/α-hetero) is 1. The first kappa shape index (κ1) is 20.6. The van der Waals surface area contributed by atoms with Crippen LogP contribution in [0.15, 0.2) is 29.4 Å². The summed E-state index contributed by atoms with van der Waals surface area (Å²) in [6, 6.07) is 6.34. The maximum Gasteiger partial charge on any atom is 0.341 e. The van der Waals surface area contributed by atoms with Crippen molar-refractivity contribution in [1.29, 1.82) is 0 Å². The highest BCUT2D eigenvalue weighted by Gasteiger charge is 2.25. The number of nitrogens with zero attached hydrogens (tertiary/aromatic N) is 1. The molecule has 0 saturated heterocycles. The molecule has 0 atom stereocenters. The SMILES string of the molecule is CCOC(=O)c1c(NC(=O)NN=Cc2ccccc2Cl)sc(C(C)=O)c1C. The number of ketones is 1. The molecule has 0 aliphatic heterocycles. The van der Waals surface area contributed by atoms with Gasteiger partial charge in [0.2, 0.25) is 0 Å². The Morgan fingerprint density at radius 2 is 2.00 bits per heavy atom. The summed E-state index contributed by atoms with van der Waals surface area (Å²) < 4.78 is 5.02. The van der Waals surface area contributed by atoms with E-state index in [1.165, 1.54) is 13.1 Å². The number of halogens is 1. The van der Waals surface area contributed by atoms with Crippen LogP contribution in [0.3, 0.4) is 0 Å². The number of benzene rings is 1. The monoisotopic (exact) mass is 407 g/mol. The quantitative estimate of drug-likeness (QED) is 0.324. The first-order valence-corrected chi connectivity index (χ1v) is 9.20. The number of carbonyl (C=O) groups is 3. The summed E-state index contributed by atoms with van der Waals surface area (Å²) >= 11 is 7.02. The standard InChI is InChI=1S/C18H18ClN3O4S/c1-4-26-17(24)14-10(2)15(11(3)23)27-16(14)21-18(25)22-20-9-12-7-5-6-8-13(12)19/h5-9H,4H2,1-3H3,(H2,21,22,25). The van der Waals surface area contributed by atoms with Crippen LogP contribution in [0.2, 0.25) is 5.02 Å². The molecule has 2 amide bonds. The lowest BCUT2D eigenvalue weighted by atomic mass is 10.1. The highest BCUT2D eigenvalue weighted by atomic mass is 35.5. The van der Waals surface area contributed by atoms with E-state index in [0.29, 0.717) is 21.0 Å². The summed E-state index contributed by atoms with van der Waals surface area (Å²) in [5.74, 6) is -0.804. The number of hydrogen-bond acceptors (Lipinski definition) is 6. The van der Waals surface area contributed by atoms with E-state index < -0.39 is 12.0 Å². The number of amides is 2. The fraction of sp³-hybridized carbons (Fsp3) is 0.222. The molecular formula is C18H18ClN3O4S. The molecule has 0 unspecified atom stereocenters. The van der Waals surface area contributed by atoms with Crippen LogP contribution in [0.4, 0.5) is 9.80 Å². The van der Waals surface area contributed by atoms with Gasteiger partial charge in [0, 0.05) is 10.6 Å². The Bertz CT molecular complexity index is 908.